The zero-order chi connectivity index (χ0) is 21.2. The van der Waals surface area contributed by atoms with Crippen molar-refractivity contribution in [2.45, 2.75) is 25.7 Å². The molecule has 0 fully saturated rings. The van der Waals surface area contributed by atoms with Gasteiger partial charge in [0, 0.05) is 26.2 Å². The molecule has 0 aromatic heterocycles. The van der Waals surface area contributed by atoms with Crippen molar-refractivity contribution in [1.29, 1.82) is 0 Å². The van der Waals surface area contributed by atoms with Crippen molar-refractivity contribution in [3.63, 3.8) is 0 Å². The summed E-state index contributed by atoms with van der Waals surface area (Å²) >= 11 is 0. The number of benzene rings is 3. The van der Waals surface area contributed by atoms with E-state index in [2.05, 4.69) is 65.4 Å². The monoisotopic (exact) mass is 404 g/mol. The Balaban J connectivity index is 1.39. The third-order valence-electron chi connectivity index (χ3n) is 4.93. The first-order valence-electron chi connectivity index (χ1n) is 10.4. The van der Waals surface area contributed by atoms with Crippen LogP contribution in [0.25, 0.3) is 0 Å². The lowest BCUT2D eigenvalue weighted by molar-refractivity contribution is 0.0744. The van der Waals surface area contributed by atoms with Gasteiger partial charge in [0.1, 0.15) is 18.5 Å². The first-order chi connectivity index (χ1) is 14.6. The summed E-state index contributed by atoms with van der Waals surface area (Å²) in [7, 11) is 4.14. The van der Waals surface area contributed by atoms with E-state index in [0.717, 1.165) is 25.4 Å². The molecule has 3 rings (SSSR count). The predicted molar refractivity (Wildman–Crippen MR) is 122 cm³/mol. The molecule has 0 saturated carbocycles. The number of aliphatic hydroxyl groups is 1. The van der Waals surface area contributed by atoms with Crippen LogP contribution in [0.15, 0.2) is 84.9 Å². The minimum absolute atomic E-state index is 0.284. The zero-order valence-corrected chi connectivity index (χ0v) is 17.9. The van der Waals surface area contributed by atoms with Crippen molar-refractivity contribution < 1.29 is 9.84 Å². The number of aliphatic hydroxyl groups excluding tert-OH is 1. The summed E-state index contributed by atoms with van der Waals surface area (Å²) in [5.41, 5.74) is 3.79. The highest BCUT2D eigenvalue weighted by Crippen LogP contribution is 2.15. The van der Waals surface area contributed by atoms with Gasteiger partial charge in [-0.05, 0) is 42.9 Å². The van der Waals surface area contributed by atoms with E-state index in [0.29, 0.717) is 6.54 Å². The molecule has 0 radical (unpaired) electrons. The van der Waals surface area contributed by atoms with Gasteiger partial charge in [-0.2, -0.15) is 0 Å². The fourth-order valence-electron chi connectivity index (χ4n) is 3.52. The largest absolute Gasteiger partial charge is 0.491 e. The zero-order valence-electron chi connectivity index (χ0n) is 17.9. The lowest BCUT2D eigenvalue weighted by Crippen LogP contribution is -2.32. The molecule has 0 spiro atoms. The van der Waals surface area contributed by atoms with E-state index in [1.54, 1.807) is 0 Å². The average molecular weight is 405 g/mol. The minimum Gasteiger partial charge on any atom is -0.491 e. The first kappa shape index (κ1) is 22.0. The Morgan fingerprint density at radius 3 is 1.67 bits per heavy atom. The Labute approximate surface area is 180 Å². The van der Waals surface area contributed by atoms with E-state index < -0.39 is 6.10 Å². The van der Waals surface area contributed by atoms with Crippen molar-refractivity contribution in [3.8, 4) is 5.75 Å². The Hall–Kier alpha value is -2.66. The second-order valence-corrected chi connectivity index (χ2v) is 7.95. The summed E-state index contributed by atoms with van der Waals surface area (Å²) in [5.74, 6) is 0.786. The molecule has 0 aliphatic carbocycles. The molecule has 0 aliphatic rings. The fourth-order valence-corrected chi connectivity index (χ4v) is 3.52. The maximum absolute atomic E-state index is 10.3. The molecule has 1 atom stereocenters. The Morgan fingerprint density at radius 2 is 1.13 bits per heavy atom. The Kier molecular flexibility index (Phi) is 8.45. The van der Waals surface area contributed by atoms with Crippen LogP contribution < -0.4 is 4.74 Å². The van der Waals surface area contributed by atoms with Crippen LogP contribution in [-0.4, -0.2) is 48.3 Å². The second kappa shape index (κ2) is 11.5. The van der Waals surface area contributed by atoms with E-state index in [1.807, 2.05) is 43.4 Å². The highest BCUT2D eigenvalue weighted by atomic mass is 16.5. The van der Waals surface area contributed by atoms with E-state index in [9.17, 15) is 5.11 Å². The molecule has 3 aromatic rings. The lowest BCUT2D eigenvalue weighted by atomic mass is 10.2. The molecule has 1 N–H and O–H groups in total. The van der Waals surface area contributed by atoms with Crippen LogP contribution in [-0.2, 0) is 19.6 Å². The van der Waals surface area contributed by atoms with Crippen LogP contribution in [0.4, 0.5) is 0 Å². The third-order valence-corrected chi connectivity index (χ3v) is 4.93. The second-order valence-electron chi connectivity index (χ2n) is 7.95. The number of ether oxygens (including phenoxy) is 1. The molecule has 0 saturated heterocycles. The quantitative estimate of drug-likeness (QED) is 0.520. The molecule has 4 heteroatoms. The summed E-state index contributed by atoms with van der Waals surface area (Å²) in [5, 5.41) is 10.3. The van der Waals surface area contributed by atoms with Gasteiger partial charge >= 0.3 is 0 Å². The van der Waals surface area contributed by atoms with Gasteiger partial charge in [-0.15, -0.1) is 0 Å². The van der Waals surface area contributed by atoms with Gasteiger partial charge in [0.05, 0.1) is 0 Å². The predicted octanol–water partition coefficient (Wildman–Crippen LogP) is 4.19. The summed E-state index contributed by atoms with van der Waals surface area (Å²) in [4.78, 5) is 4.40. The van der Waals surface area contributed by atoms with Gasteiger partial charge in [-0.25, -0.2) is 0 Å². The third kappa shape index (κ3) is 7.64. The maximum atomic E-state index is 10.3. The van der Waals surface area contributed by atoms with Gasteiger partial charge < -0.3 is 9.84 Å². The van der Waals surface area contributed by atoms with Crippen molar-refractivity contribution >= 4 is 0 Å². The highest BCUT2D eigenvalue weighted by molar-refractivity contribution is 5.27. The number of rotatable bonds is 11. The van der Waals surface area contributed by atoms with Gasteiger partial charge in [0.15, 0.2) is 0 Å². The van der Waals surface area contributed by atoms with E-state index >= 15 is 0 Å². The van der Waals surface area contributed by atoms with Crippen LogP contribution >= 0.6 is 0 Å². The van der Waals surface area contributed by atoms with E-state index in [1.165, 1.54) is 16.7 Å². The molecule has 0 amide bonds. The summed E-state index contributed by atoms with van der Waals surface area (Å²) in [6, 6.07) is 28.9. The molecule has 0 bridgehead atoms. The molecule has 0 aliphatic heterocycles. The molecule has 158 valence electrons. The van der Waals surface area contributed by atoms with Gasteiger partial charge in [0.2, 0.25) is 0 Å². The average Bonchev–Trinajstić information content (AvgIpc) is 2.74. The SMILES string of the molecule is CN(Cc1ccccc1)Cc1ccc(OCC(O)CN(C)Cc2ccccc2)cc1. The summed E-state index contributed by atoms with van der Waals surface area (Å²) < 4.78 is 5.78. The van der Waals surface area contributed by atoms with Crippen LogP contribution in [0.2, 0.25) is 0 Å². The molecular formula is C26H32N2O2. The van der Waals surface area contributed by atoms with Gasteiger partial charge in [0.25, 0.3) is 0 Å². The molecule has 1 unspecified atom stereocenters. The number of hydrogen-bond donors (Lipinski definition) is 1. The lowest BCUT2D eigenvalue weighted by Gasteiger charge is -2.21. The standard InChI is InChI=1S/C26H32N2O2/c1-27(17-22-9-5-3-6-10-22)19-24-13-15-26(16-14-24)30-21-25(29)20-28(2)18-23-11-7-4-8-12-23/h3-16,25,29H,17-21H2,1-2H3. The topological polar surface area (TPSA) is 35.9 Å². The fraction of sp³-hybridized carbons (Fsp3) is 0.308. The number of nitrogens with zero attached hydrogens (tertiary/aromatic N) is 2. The highest BCUT2D eigenvalue weighted by Gasteiger charge is 2.10. The minimum atomic E-state index is -0.532. The maximum Gasteiger partial charge on any atom is 0.119 e. The smallest absolute Gasteiger partial charge is 0.119 e. The molecule has 0 heterocycles. The first-order valence-corrected chi connectivity index (χ1v) is 10.4. The Morgan fingerprint density at radius 1 is 0.667 bits per heavy atom. The molecule has 30 heavy (non-hydrogen) atoms. The van der Waals surface area contributed by atoms with Gasteiger partial charge in [-0.3, -0.25) is 9.80 Å². The van der Waals surface area contributed by atoms with Crippen molar-refractivity contribution in [2.24, 2.45) is 0 Å². The number of hydrogen-bond acceptors (Lipinski definition) is 4. The normalized spacial score (nSPS) is 12.3. The Bertz CT molecular complexity index is 853. The molecule has 4 nitrogen and oxygen atoms in total. The molecule has 3 aromatic carbocycles. The van der Waals surface area contributed by atoms with Crippen molar-refractivity contribution in [2.75, 3.05) is 27.2 Å². The van der Waals surface area contributed by atoms with Crippen LogP contribution in [0.3, 0.4) is 0 Å². The molecular weight excluding hydrogens is 372 g/mol. The van der Waals surface area contributed by atoms with Crippen LogP contribution in [0.1, 0.15) is 16.7 Å². The number of likely N-dealkylation sites (N-methyl/N-ethyl adjacent to an activating group) is 1. The summed E-state index contributed by atoms with van der Waals surface area (Å²) in [6.45, 7) is 3.45. The van der Waals surface area contributed by atoms with Crippen molar-refractivity contribution in [3.05, 3.63) is 102 Å². The van der Waals surface area contributed by atoms with E-state index in [-0.39, 0.29) is 6.61 Å². The van der Waals surface area contributed by atoms with Crippen LogP contribution in [0, 0.1) is 0 Å². The van der Waals surface area contributed by atoms with Crippen LogP contribution in [0.5, 0.6) is 5.75 Å². The van der Waals surface area contributed by atoms with Gasteiger partial charge in [-0.1, -0.05) is 72.8 Å². The van der Waals surface area contributed by atoms with E-state index in [4.69, 9.17) is 4.74 Å². The van der Waals surface area contributed by atoms with Crippen molar-refractivity contribution in [1.82, 2.24) is 9.80 Å². The summed E-state index contributed by atoms with van der Waals surface area (Å²) in [6.07, 6.45) is -0.532.